The summed E-state index contributed by atoms with van der Waals surface area (Å²) in [6.07, 6.45) is 0.235. The third kappa shape index (κ3) is 8.54. The van der Waals surface area contributed by atoms with E-state index in [1.807, 2.05) is 75.4 Å². The second-order valence-electron chi connectivity index (χ2n) is 11.2. The minimum absolute atomic E-state index is 0.0882. The monoisotopic (exact) mass is 615 g/mol. The molecule has 0 radical (unpaired) electrons. The van der Waals surface area contributed by atoms with E-state index in [1.165, 1.54) is 17.0 Å². The molecule has 4 aromatic carbocycles. The molecule has 4 rings (SSSR count). The van der Waals surface area contributed by atoms with Gasteiger partial charge in [0.1, 0.15) is 18.4 Å². The standard InChI is InChI=1S/C35H38FN3O4S/c1-26(2)23-37-35(41)33(22-28-10-6-4-7-11-28)38(24-29-16-14-27(3)15-17-29)34(40)25-39(31-12-8-5-9-13-31)44(42,43)32-20-18-30(36)19-21-32/h4-21,26,33H,22-25H2,1-3H3,(H,37,41)/t33-/m1/s1. The molecule has 1 N–H and O–H groups in total. The van der Waals surface area contributed by atoms with Crippen molar-refractivity contribution in [1.82, 2.24) is 10.2 Å². The summed E-state index contributed by atoms with van der Waals surface area (Å²) in [7, 11) is -4.29. The van der Waals surface area contributed by atoms with Gasteiger partial charge in [-0.15, -0.1) is 0 Å². The number of para-hydroxylation sites is 1. The lowest BCUT2D eigenvalue weighted by Crippen LogP contribution is -2.53. The van der Waals surface area contributed by atoms with Crippen LogP contribution in [0.3, 0.4) is 0 Å². The molecule has 0 saturated carbocycles. The van der Waals surface area contributed by atoms with E-state index in [0.29, 0.717) is 6.54 Å². The number of halogens is 1. The maximum absolute atomic E-state index is 14.4. The van der Waals surface area contributed by atoms with Gasteiger partial charge in [-0.2, -0.15) is 0 Å². The molecule has 4 aromatic rings. The maximum Gasteiger partial charge on any atom is 0.264 e. The van der Waals surface area contributed by atoms with Gasteiger partial charge in [-0.1, -0.05) is 92.2 Å². The number of hydrogen-bond acceptors (Lipinski definition) is 4. The number of sulfonamides is 1. The van der Waals surface area contributed by atoms with Gasteiger partial charge in [-0.3, -0.25) is 13.9 Å². The minimum atomic E-state index is -4.29. The topological polar surface area (TPSA) is 86.8 Å². The van der Waals surface area contributed by atoms with Gasteiger partial charge in [0.15, 0.2) is 0 Å². The highest BCUT2D eigenvalue weighted by molar-refractivity contribution is 7.92. The molecule has 0 heterocycles. The molecular weight excluding hydrogens is 577 g/mol. The van der Waals surface area contributed by atoms with Gasteiger partial charge in [-0.25, -0.2) is 12.8 Å². The fourth-order valence-electron chi connectivity index (χ4n) is 4.72. The molecule has 0 aliphatic carbocycles. The Labute approximate surface area is 259 Å². The van der Waals surface area contributed by atoms with E-state index in [2.05, 4.69) is 5.32 Å². The van der Waals surface area contributed by atoms with Gasteiger partial charge >= 0.3 is 0 Å². The zero-order valence-electron chi connectivity index (χ0n) is 25.2. The molecule has 0 spiro atoms. The lowest BCUT2D eigenvalue weighted by Gasteiger charge is -2.34. The molecule has 0 bridgehead atoms. The Kier molecular flexibility index (Phi) is 10.9. The van der Waals surface area contributed by atoms with E-state index in [1.54, 1.807) is 30.3 Å². The van der Waals surface area contributed by atoms with Crippen molar-refractivity contribution >= 4 is 27.5 Å². The third-order valence-electron chi connectivity index (χ3n) is 7.15. The van der Waals surface area contributed by atoms with Gasteiger partial charge in [0.25, 0.3) is 10.0 Å². The average Bonchev–Trinajstić information content (AvgIpc) is 3.02. The van der Waals surface area contributed by atoms with E-state index in [0.717, 1.165) is 33.1 Å². The van der Waals surface area contributed by atoms with Gasteiger partial charge in [0, 0.05) is 19.5 Å². The lowest BCUT2D eigenvalue weighted by molar-refractivity contribution is -0.140. The van der Waals surface area contributed by atoms with Crippen molar-refractivity contribution in [3.63, 3.8) is 0 Å². The Morgan fingerprint density at radius 1 is 0.795 bits per heavy atom. The van der Waals surface area contributed by atoms with Crippen molar-refractivity contribution < 1.29 is 22.4 Å². The smallest absolute Gasteiger partial charge is 0.264 e. The summed E-state index contributed by atoms with van der Waals surface area (Å²) in [5.41, 5.74) is 2.97. The first-order valence-electron chi connectivity index (χ1n) is 14.5. The number of hydrogen-bond donors (Lipinski definition) is 1. The van der Waals surface area contributed by atoms with Crippen LogP contribution in [-0.2, 0) is 32.6 Å². The van der Waals surface area contributed by atoms with Crippen LogP contribution in [0.25, 0.3) is 0 Å². The number of benzene rings is 4. The van der Waals surface area contributed by atoms with Crippen molar-refractivity contribution in [2.24, 2.45) is 5.92 Å². The van der Waals surface area contributed by atoms with E-state index in [4.69, 9.17) is 0 Å². The Bertz CT molecular complexity index is 1630. The number of aryl methyl sites for hydroxylation is 1. The first-order chi connectivity index (χ1) is 21.0. The molecule has 0 aliphatic rings. The Hall–Kier alpha value is -4.50. The van der Waals surface area contributed by atoms with Crippen LogP contribution in [0.2, 0.25) is 0 Å². The first-order valence-corrected chi connectivity index (χ1v) is 16.0. The summed E-state index contributed by atoms with van der Waals surface area (Å²) in [5, 5.41) is 2.98. The fourth-order valence-corrected chi connectivity index (χ4v) is 6.14. The van der Waals surface area contributed by atoms with Crippen molar-refractivity contribution in [2.45, 2.75) is 44.7 Å². The highest BCUT2D eigenvalue weighted by Gasteiger charge is 2.34. The average molecular weight is 616 g/mol. The van der Waals surface area contributed by atoms with Gasteiger partial charge in [-0.05, 0) is 60.4 Å². The highest BCUT2D eigenvalue weighted by atomic mass is 32.2. The molecule has 0 fully saturated rings. The molecule has 2 amide bonds. The molecule has 7 nitrogen and oxygen atoms in total. The van der Waals surface area contributed by atoms with E-state index in [-0.39, 0.29) is 35.4 Å². The fraction of sp³-hybridized carbons (Fsp3) is 0.257. The van der Waals surface area contributed by atoms with E-state index in [9.17, 15) is 22.4 Å². The maximum atomic E-state index is 14.4. The summed E-state index contributed by atoms with van der Waals surface area (Å²) in [6, 6.07) is 28.9. The third-order valence-corrected chi connectivity index (χ3v) is 8.94. The quantitative estimate of drug-likeness (QED) is 0.208. The zero-order valence-corrected chi connectivity index (χ0v) is 26.0. The zero-order chi connectivity index (χ0) is 31.7. The second-order valence-corrected chi connectivity index (χ2v) is 13.0. The van der Waals surface area contributed by atoms with Crippen LogP contribution in [0, 0.1) is 18.7 Å². The number of carbonyl (C=O) groups is 2. The molecule has 9 heteroatoms. The Morgan fingerprint density at radius 2 is 1.39 bits per heavy atom. The van der Waals surface area contributed by atoms with Crippen molar-refractivity contribution in [2.75, 3.05) is 17.4 Å². The SMILES string of the molecule is Cc1ccc(CN(C(=O)CN(c2ccccc2)S(=O)(=O)c2ccc(F)cc2)[C@H](Cc2ccccc2)C(=O)NCC(C)C)cc1. The van der Waals surface area contributed by atoms with E-state index >= 15 is 0 Å². The summed E-state index contributed by atoms with van der Waals surface area (Å²) < 4.78 is 42.6. The number of carbonyl (C=O) groups excluding carboxylic acids is 2. The number of nitrogens with one attached hydrogen (secondary N) is 1. The number of anilines is 1. The van der Waals surface area contributed by atoms with Crippen LogP contribution in [0.4, 0.5) is 10.1 Å². The predicted octanol–water partition coefficient (Wildman–Crippen LogP) is 5.74. The molecule has 230 valence electrons. The molecule has 1 atom stereocenters. The molecule has 44 heavy (non-hydrogen) atoms. The normalized spacial score (nSPS) is 12.0. The lowest BCUT2D eigenvalue weighted by atomic mass is 10.0. The van der Waals surface area contributed by atoms with Gasteiger partial charge in [0.2, 0.25) is 11.8 Å². The second kappa shape index (κ2) is 14.8. The van der Waals surface area contributed by atoms with Crippen LogP contribution >= 0.6 is 0 Å². The summed E-state index contributed by atoms with van der Waals surface area (Å²) in [5.74, 6) is -1.27. The summed E-state index contributed by atoms with van der Waals surface area (Å²) in [4.78, 5) is 29.5. The summed E-state index contributed by atoms with van der Waals surface area (Å²) in [6.45, 7) is 5.87. The first kappa shape index (κ1) is 32.4. The Morgan fingerprint density at radius 3 is 1.98 bits per heavy atom. The van der Waals surface area contributed by atoms with Gasteiger partial charge in [0.05, 0.1) is 10.6 Å². The number of amides is 2. The van der Waals surface area contributed by atoms with E-state index < -0.39 is 34.3 Å². The molecule has 0 aliphatic heterocycles. The van der Waals surface area contributed by atoms with Crippen LogP contribution in [0.5, 0.6) is 0 Å². The van der Waals surface area contributed by atoms with Gasteiger partial charge < -0.3 is 10.2 Å². The Balaban J connectivity index is 1.77. The van der Waals surface area contributed by atoms with Crippen molar-refractivity contribution in [1.29, 1.82) is 0 Å². The van der Waals surface area contributed by atoms with Crippen LogP contribution in [0.15, 0.2) is 114 Å². The van der Waals surface area contributed by atoms with Crippen LogP contribution < -0.4 is 9.62 Å². The molecule has 0 unspecified atom stereocenters. The number of nitrogens with zero attached hydrogens (tertiary/aromatic N) is 2. The minimum Gasteiger partial charge on any atom is -0.354 e. The predicted molar refractivity (Wildman–Crippen MR) is 171 cm³/mol. The van der Waals surface area contributed by atoms with Crippen LogP contribution in [0.1, 0.15) is 30.5 Å². The van der Waals surface area contributed by atoms with Crippen molar-refractivity contribution in [3.8, 4) is 0 Å². The summed E-state index contributed by atoms with van der Waals surface area (Å²) >= 11 is 0. The number of rotatable bonds is 13. The molecular formula is C35H38FN3O4S. The van der Waals surface area contributed by atoms with Crippen LogP contribution in [-0.4, -0.2) is 44.3 Å². The molecule has 0 aromatic heterocycles. The largest absolute Gasteiger partial charge is 0.354 e. The highest BCUT2D eigenvalue weighted by Crippen LogP contribution is 2.25. The van der Waals surface area contributed by atoms with Crippen molar-refractivity contribution in [3.05, 3.63) is 132 Å². The molecule has 0 saturated heterocycles.